The number of nitrogens with two attached hydrogens (primary N) is 1. The van der Waals surface area contributed by atoms with Gasteiger partial charge in [-0.1, -0.05) is 0 Å². The third-order valence-corrected chi connectivity index (χ3v) is 1.97. The van der Waals surface area contributed by atoms with Crippen molar-refractivity contribution in [1.82, 2.24) is 10.6 Å². The zero-order chi connectivity index (χ0) is 14.3. The molecule has 0 aromatic heterocycles. The van der Waals surface area contributed by atoms with Crippen LogP contribution in [0.1, 0.15) is 20.3 Å². The second-order valence-corrected chi connectivity index (χ2v) is 4.48. The number of hydrogen-bond acceptors (Lipinski definition) is 4. The lowest BCUT2D eigenvalue weighted by atomic mass is 10.1. The molecule has 0 aliphatic carbocycles. The Kier molecular flexibility index (Phi) is 6.11. The summed E-state index contributed by atoms with van der Waals surface area (Å²) >= 11 is 0. The molecule has 0 bridgehead atoms. The highest BCUT2D eigenvalue weighted by Crippen LogP contribution is 2.02. The molecular formula is C10H19N3O5. The van der Waals surface area contributed by atoms with Crippen molar-refractivity contribution in [3.8, 4) is 0 Å². The summed E-state index contributed by atoms with van der Waals surface area (Å²) in [7, 11) is 1.48. The van der Waals surface area contributed by atoms with E-state index in [1.165, 1.54) is 7.11 Å². The molecule has 0 aromatic rings. The molecule has 0 aliphatic heterocycles. The van der Waals surface area contributed by atoms with E-state index in [1.807, 2.05) is 0 Å². The summed E-state index contributed by atoms with van der Waals surface area (Å²) in [5.41, 5.74) is 4.23. The molecule has 0 rings (SSSR count). The summed E-state index contributed by atoms with van der Waals surface area (Å²) < 4.78 is 4.89. The fourth-order valence-electron chi connectivity index (χ4n) is 1.30. The van der Waals surface area contributed by atoms with Crippen LogP contribution in [-0.4, -0.2) is 48.3 Å². The normalized spacial score (nSPS) is 12.6. The largest absolute Gasteiger partial charge is 0.480 e. The first-order valence-corrected chi connectivity index (χ1v) is 5.26. The lowest BCUT2D eigenvalue weighted by molar-refractivity contribution is -0.140. The van der Waals surface area contributed by atoms with Crippen molar-refractivity contribution in [3.05, 3.63) is 0 Å². The van der Waals surface area contributed by atoms with Gasteiger partial charge in [0.2, 0.25) is 5.91 Å². The number of ether oxygens (including phenoxy) is 1. The molecule has 0 aromatic carbocycles. The molecule has 18 heavy (non-hydrogen) atoms. The average molecular weight is 261 g/mol. The Bertz CT molecular complexity index is 329. The first-order valence-electron chi connectivity index (χ1n) is 5.26. The van der Waals surface area contributed by atoms with E-state index in [0.717, 1.165) is 0 Å². The second kappa shape index (κ2) is 6.80. The van der Waals surface area contributed by atoms with E-state index >= 15 is 0 Å². The highest BCUT2D eigenvalue weighted by Gasteiger charge is 2.25. The van der Waals surface area contributed by atoms with Gasteiger partial charge in [0.25, 0.3) is 0 Å². The average Bonchev–Trinajstić information content (AvgIpc) is 2.14. The van der Waals surface area contributed by atoms with Crippen LogP contribution in [0.4, 0.5) is 4.79 Å². The maximum absolute atomic E-state index is 11.5. The molecule has 0 saturated carbocycles. The maximum Gasteiger partial charge on any atom is 0.326 e. The second-order valence-electron chi connectivity index (χ2n) is 4.48. The third-order valence-electron chi connectivity index (χ3n) is 1.97. The molecule has 0 spiro atoms. The van der Waals surface area contributed by atoms with Gasteiger partial charge in [-0.2, -0.15) is 0 Å². The Labute approximate surface area is 105 Å². The zero-order valence-electron chi connectivity index (χ0n) is 10.6. The van der Waals surface area contributed by atoms with Gasteiger partial charge in [-0.15, -0.1) is 0 Å². The van der Waals surface area contributed by atoms with Gasteiger partial charge in [0.05, 0.1) is 18.6 Å². The van der Waals surface area contributed by atoms with Gasteiger partial charge in [-0.05, 0) is 13.8 Å². The van der Waals surface area contributed by atoms with Crippen molar-refractivity contribution in [3.63, 3.8) is 0 Å². The number of hydrogen-bond donors (Lipinski definition) is 4. The molecule has 1 atom stereocenters. The first-order chi connectivity index (χ1) is 8.18. The summed E-state index contributed by atoms with van der Waals surface area (Å²) in [6.07, 6.45) is -0.465. The van der Waals surface area contributed by atoms with Crippen molar-refractivity contribution in [1.29, 1.82) is 0 Å². The number of nitrogens with one attached hydrogen (secondary N) is 2. The lowest BCUT2D eigenvalue weighted by Gasteiger charge is -2.26. The molecule has 3 amide bonds. The van der Waals surface area contributed by atoms with E-state index in [4.69, 9.17) is 15.6 Å². The fourth-order valence-corrected chi connectivity index (χ4v) is 1.30. The van der Waals surface area contributed by atoms with Gasteiger partial charge < -0.3 is 26.2 Å². The van der Waals surface area contributed by atoms with Crippen LogP contribution in [-0.2, 0) is 14.3 Å². The lowest BCUT2D eigenvalue weighted by Crippen LogP contribution is -2.55. The molecule has 5 N–H and O–H groups in total. The number of carbonyl (C=O) groups is 3. The minimum atomic E-state index is -1.35. The van der Waals surface area contributed by atoms with Crippen LogP contribution < -0.4 is 16.4 Å². The quantitative estimate of drug-likeness (QED) is 0.468. The van der Waals surface area contributed by atoms with Crippen LogP contribution >= 0.6 is 0 Å². The number of carboxylic acids is 1. The maximum atomic E-state index is 11.5. The van der Waals surface area contributed by atoms with Crippen LogP contribution in [0.3, 0.4) is 0 Å². The molecule has 8 heteroatoms. The van der Waals surface area contributed by atoms with Gasteiger partial charge in [-0.3, -0.25) is 4.79 Å². The van der Waals surface area contributed by atoms with Crippen LogP contribution in [0.5, 0.6) is 0 Å². The van der Waals surface area contributed by atoms with E-state index in [-0.39, 0.29) is 6.61 Å². The van der Waals surface area contributed by atoms with E-state index in [1.54, 1.807) is 13.8 Å². The van der Waals surface area contributed by atoms with Crippen LogP contribution in [0.2, 0.25) is 0 Å². The van der Waals surface area contributed by atoms with Crippen molar-refractivity contribution in [2.45, 2.75) is 31.8 Å². The van der Waals surface area contributed by atoms with Crippen molar-refractivity contribution >= 4 is 17.9 Å². The Morgan fingerprint density at radius 1 is 1.39 bits per heavy atom. The summed E-state index contributed by atoms with van der Waals surface area (Å²) in [4.78, 5) is 33.0. The third kappa shape index (κ3) is 6.69. The number of primary amides is 1. The van der Waals surface area contributed by atoms with Gasteiger partial charge in [-0.25, -0.2) is 9.59 Å². The van der Waals surface area contributed by atoms with Crippen molar-refractivity contribution in [2.75, 3.05) is 13.7 Å². The minimum absolute atomic E-state index is 0.258. The summed E-state index contributed by atoms with van der Waals surface area (Å²) in [6, 6.07) is -2.05. The van der Waals surface area contributed by atoms with E-state index in [9.17, 15) is 14.4 Å². The van der Waals surface area contributed by atoms with E-state index in [2.05, 4.69) is 10.6 Å². The number of amides is 3. The highest BCUT2D eigenvalue weighted by molar-refractivity contribution is 5.87. The molecule has 104 valence electrons. The fraction of sp³-hybridized carbons (Fsp3) is 0.700. The van der Waals surface area contributed by atoms with Gasteiger partial charge in [0.1, 0.15) is 6.04 Å². The molecule has 0 radical (unpaired) electrons. The molecule has 8 nitrogen and oxygen atoms in total. The standard InChI is InChI=1S/C10H19N3O5/c1-10(2,5-18-3)13-9(17)12-6(8(15)16)4-7(11)14/h6H,4-5H2,1-3H3,(H2,11,14)(H,15,16)(H2,12,13,17)/t6-/m0/s1. The van der Waals surface area contributed by atoms with E-state index in [0.29, 0.717) is 0 Å². The van der Waals surface area contributed by atoms with Crippen LogP contribution in [0.15, 0.2) is 0 Å². The number of carboxylic acid groups (broad SMARTS) is 1. The monoisotopic (exact) mass is 261 g/mol. The number of methoxy groups -OCH3 is 1. The predicted molar refractivity (Wildman–Crippen MR) is 62.9 cm³/mol. The Morgan fingerprint density at radius 2 is 1.94 bits per heavy atom. The molecule has 0 heterocycles. The van der Waals surface area contributed by atoms with Crippen LogP contribution in [0.25, 0.3) is 0 Å². The SMILES string of the molecule is COCC(C)(C)NC(=O)N[C@@H](CC(N)=O)C(=O)O. The Morgan fingerprint density at radius 3 is 2.33 bits per heavy atom. The molecule has 0 saturated heterocycles. The molecule has 0 unspecified atom stereocenters. The van der Waals surface area contributed by atoms with Gasteiger partial charge in [0.15, 0.2) is 0 Å². The number of aliphatic carboxylic acids is 1. The summed E-state index contributed by atoms with van der Waals surface area (Å²) in [5.74, 6) is -2.13. The highest BCUT2D eigenvalue weighted by atomic mass is 16.5. The molecular weight excluding hydrogens is 242 g/mol. The Hall–Kier alpha value is -1.83. The van der Waals surface area contributed by atoms with Crippen molar-refractivity contribution in [2.24, 2.45) is 5.73 Å². The number of carbonyl (C=O) groups excluding carboxylic acids is 2. The smallest absolute Gasteiger partial charge is 0.326 e. The van der Waals surface area contributed by atoms with Crippen LogP contribution in [0, 0.1) is 0 Å². The number of urea groups is 1. The zero-order valence-corrected chi connectivity index (χ0v) is 10.6. The summed E-state index contributed by atoms with van der Waals surface area (Å²) in [5, 5.41) is 13.5. The first kappa shape index (κ1) is 16.2. The topological polar surface area (TPSA) is 131 Å². The van der Waals surface area contributed by atoms with Gasteiger partial charge >= 0.3 is 12.0 Å². The summed E-state index contributed by atoms with van der Waals surface area (Å²) in [6.45, 7) is 3.67. The minimum Gasteiger partial charge on any atom is -0.480 e. The predicted octanol–water partition coefficient (Wildman–Crippen LogP) is -0.961. The van der Waals surface area contributed by atoms with Crippen molar-refractivity contribution < 1.29 is 24.2 Å². The molecule has 0 fully saturated rings. The van der Waals surface area contributed by atoms with Gasteiger partial charge in [0, 0.05) is 7.11 Å². The Balaban J connectivity index is 4.43. The number of rotatable bonds is 7. The van der Waals surface area contributed by atoms with E-state index < -0.39 is 35.9 Å². The molecule has 0 aliphatic rings.